The highest BCUT2D eigenvalue weighted by molar-refractivity contribution is 5.82. The first-order valence-corrected chi connectivity index (χ1v) is 3.86. The number of esters is 1. The molecule has 0 radical (unpaired) electrons. The van der Waals surface area contributed by atoms with Gasteiger partial charge in [0, 0.05) is 0 Å². The van der Waals surface area contributed by atoms with Crippen LogP contribution in [-0.2, 0) is 14.3 Å². The first-order chi connectivity index (χ1) is 5.56. The molecule has 12 heavy (non-hydrogen) atoms. The molecule has 0 rings (SSSR count). The number of carbonyl (C=O) groups is 1. The van der Waals surface area contributed by atoms with Gasteiger partial charge in [-0.25, -0.2) is 4.79 Å². The number of carbonyl (C=O) groups excluding carboxylic acids is 1. The highest BCUT2D eigenvalue weighted by atomic mass is 16.5. The Bertz CT molecular complexity index is 175. The maximum Gasteiger partial charge on any atom is 0.336 e. The van der Waals surface area contributed by atoms with Gasteiger partial charge in [-0.05, 0) is 20.8 Å². The zero-order valence-corrected chi connectivity index (χ0v) is 7.66. The highest BCUT2D eigenvalue weighted by Crippen LogP contribution is 1.93. The fourth-order valence-corrected chi connectivity index (χ4v) is 0.591. The van der Waals surface area contributed by atoms with Gasteiger partial charge in [-0.3, -0.25) is 0 Å². The van der Waals surface area contributed by atoms with E-state index in [-0.39, 0.29) is 12.0 Å². The van der Waals surface area contributed by atoms with Gasteiger partial charge in [0.1, 0.15) is 0 Å². The lowest BCUT2D eigenvalue weighted by molar-refractivity contribution is -0.141. The van der Waals surface area contributed by atoms with E-state index in [1.165, 1.54) is 0 Å². The Hall–Kier alpha value is -1.19. The van der Waals surface area contributed by atoms with Gasteiger partial charge in [-0.2, -0.15) is 0 Å². The molecule has 0 spiro atoms. The van der Waals surface area contributed by atoms with Crippen LogP contribution in [0, 0.1) is 0 Å². The second-order valence-corrected chi connectivity index (χ2v) is 2.47. The van der Waals surface area contributed by atoms with Crippen molar-refractivity contribution in [1.82, 2.24) is 0 Å². The number of ether oxygens (including phenoxy) is 2. The summed E-state index contributed by atoms with van der Waals surface area (Å²) in [4.78, 5) is 10.9. The zero-order valence-electron chi connectivity index (χ0n) is 7.66. The van der Waals surface area contributed by atoms with Gasteiger partial charge in [0.05, 0.1) is 18.8 Å². The molecule has 4 heteroatoms. The first-order valence-electron chi connectivity index (χ1n) is 3.86. The number of hydrogen-bond donors (Lipinski definition) is 1. The molecule has 0 saturated heterocycles. The number of nitrogens with two attached hydrogens (primary N) is 1. The zero-order chi connectivity index (χ0) is 9.56. The largest absolute Gasteiger partial charge is 0.479 e. The lowest BCUT2D eigenvalue weighted by Gasteiger charge is -2.05. The fourth-order valence-electron chi connectivity index (χ4n) is 0.591. The minimum atomic E-state index is -0.476. The molecule has 0 aliphatic heterocycles. The Kier molecular flexibility index (Phi) is 4.92. The molecular formula is C8H15NO3. The number of hydrogen-bond acceptors (Lipinski definition) is 4. The van der Waals surface area contributed by atoms with Gasteiger partial charge in [0.2, 0.25) is 0 Å². The van der Waals surface area contributed by atoms with Crippen molar-refractivity contribution in [2.45, 2.75) is 26.9 Å². The van der Waals surface area contributed by atoms with Crippen LogP contribution in [-0.4, -0.2) is 18.7 Å². The van der Waals surface area contributed by atoms with Crippen LogP contribution in [0.15, 0.2) is 12.0 Å². The van der Waals surface area contributed by atoms with Crippen LogP contribution in [0.4, 0.5) is 0 Å². The van der Waals surface area contributed by atoms with Crippen molar-refractivity contribution < 1.29 is 14.3 Å². The first kappa shape index (κ1) is 10.8. The lowest BCUT2D eigenvalue weighted by Crippen LogP contribution is -2.12. The minimum Gasteiger partial charge on any atom is -0.479 e. The SMILES string of the molecule is CCO/C(N)=C\C(=O)OC(C)C. The van der Waals surface area contributed by atoms with Gasteiger partial charge in [0.15, 0.2) is 5.88 Å². The average molecular weight is 173 g/mol. The second kappa shape index (κ2) is 5.46. The van der Waals surface area contributed by atoms with Crippen LogP contribution in [0.5, 0.6) is 0 Å². The predicted molar refractivity (Wildman–Crippen MR) is 45.1 cm³/mol. The summed E-state index contributed by atoms with van der Waals surface area (Å²) in [5.41, 5.74) is 5.30. The molecule has 0 aromatic carbocycles. The third kappa shape index (κ3) is 5.58. The molecule has 0 aliphatic rings. The summed E-state index contributed by atoms with van der Waals surface area (Å²) in [6.07, 6.45) is 0.993. The van der Waals surface area contributed by atoms with Crippen molar-refractivity contribution >= 4 is 5.97 Å². The standard InChI is InChI=1S/C8H15NO3/c1-4-11-7(9)5-8(10)12-6(2)3/h5-6H,4,9H2,1-3H3/b7-5-. The van der Waals surface area contributed by atoms with Crippen LogP contribution >= 0.6 is 0 Å². The van der Waals surface area contributed by atoms with Crippen molar-refractivity contribution in [2.24, 2.45) is 5.73 Å². The molecule has 0 fully saturated rings. The van der Waals surface area contributed by atoms with Gasteiger partial charge in [-0.1, -0.05) is 0 Å². The van der Waals surface area contributed by atoms with Gasteiger partial charge < -0.3 is 15.2 Å². The quantitative estimate of drug-likeness (QED) is 0.387. The van der Waals surface area contributed by atoms with E-state index < -0.39 is 5.97 Å². The molecule has 0 heterocycles. The van der Waals surface area contributed by atoms with E-state index in [9.17, 15) is 4.79 Å². The van der Waals surface area contributed by atoms with Crippen LogP contribution in [0.1, 0.15) is 20.8 Å². The Morgan fingerprint density at radius 3 is 2.58 bits per heavy atom. The maximum atomic E-state index is 10.9. The molecule has 0 aromatic rings. The summed E-state index contributed by atoms with van der Waals surface area (Å²) in [5, 5.41) is 0. The van der Waals surface area contributed by atoms with Crippen LogP contribution in [0.25, 0.3) is 0 Å². The summed E-state index contributed by atoms with van der Waals surface area (Å²) >= 11 is 0. The van der Waals surface area contributed by atoms with Gasteiger partial charge in [0.25, 0.3) is 0 Å². The molecule has 0 bridgehead atoms. The van der Waals surface area contributed by atoms with Gasteiger partial charge >= 0.3 is 5.97 Å². The van der Waals surface area contributed by atoms with E-state index in [4.69, 9.17) is 15.2 Å². The van der Waals surface area contributed by atoms with E-state index in [1.54, 1.807) is 20.8 Å². The van der Waals surface area contributed by atoms with Crippen molar-refractivity contribution in [3.63, 3.8) is 0 Å². The molecule has 0 unspecified atom stereocenters. The molecular weight excluding hydrogens is 158 g/mol. The van der Waals surface area contributed by atoms with Crippen molar-refractivity contribution in [3.8, 4) is 0 Å². The molecule has 0 aromatic heterocycles. The summed E-state index contributed by atoms with van der Waals surface area (Å²) in [7, 11) is 0. The number of rotatable bonds is 4. The van der Waals surface area contributed by atoms with Crippen molar-refractivity contribution in [2.75, 3.05) is 6.61 Å². The van der Waals surface area contributed by atoms with Crippen LogP contribution in [0.3, 0.4) is 0 Å². The third-order valence-electron chi connectivity index (χ3n) is 0.923. The minimum absolute atomic E-state index is 0.0863. The topological polar surface area (TPSA) is 61.5 Å². The molecule has 0 amide bonds. The van der Waals surface area contributed by atoms with Crippen molar-refractivity contribution in [1.29, 1.82) is 0 Å². The molecule has 4 nitrogen and oxygen atoms in total. The second-order valence-electron chi connectivity index (χ2n) is 2.47. The fraction of sp³-hybridized carbons (Fsp3) is 0.625. The average Bonchev–Trinajstić information content (AvgIpc) is 1.84. The molecule has 0 saturated carbocycles. The normalized spacial score (nSPS) is 11.5. The molecule has 0 aliphatic carbocycles. The van der Waals surface area contributed by atoms with E-state index in [1.807, 2.05) is 0 Å². The van der Waals surface area contributed by atoms with E-state index in [0.29, 0.717) is 6.61 Å². The summed E-state index contributed by atoms with van der Waals surface area (Å²) in [5.74, 6) is -0.390. The molecule has 0 atom stereocenters. The summed E-state index contributed by atoms with van der Waals surface area (Å²) < 4.78 is 9.62. The maximum absolute atomic E-state index is 10.9. The van der Waals surface area contributed by atoms with E-state index >= 15 is 0 Å². The third-order valence-corrected chi connectivity index (χ3v) is 0.923. The Morgan fingerprint density at radius 1 is 1.58 bits per heavy atom. The summed E-state index contributed by atoms with van der Waals surface area (Å²) in [6.45, 7) is 5.76. The molecule has 70 valence electrons. The lowest BCUT2D eigenvalue weighted by atomic mass is 10.5. The Morgan fingerprint density at radius 2 is 2.17 bits per heavy atom. The van der Waals surface area contributed by atoms with E-state index in [2.05, 4.69) is 0 Å². The summed E-state index contributed by atoms with van der Waals surface area (Å²) in [6, 6.07) is 0. The smallest absolute Gasteiger partial charge is 0.336 e. The Balaban J connectivity index is 3.88. The van der Waals surface area contributed by atoms with Crippen LogP contribution < -0.4 is 5.73 Å². The molecule has 2 N–H and O–H groups in total. The van der Waals surface area contributed by atoms with Crippen LogP contribution in [0.2, 0.25) is 0 Å². The van der Waals surface area contributed by atoms with Crippen molar-refractivity contribution in [3.05, 3.63) is 12.0 Å². The van der Waals surface area contributed by atoms with Gasteiger partial charge in [-0.15, -0.1) is 0 Å². The highest BCUT2D eigenvalue weighted by Gasteiger charge is 2.02. The monoisotopic (exact) mass is 173 g/mol. The van der Waals surface area contributed by atoms with E-state index in [0.717, 1.165) is 6.08 Å². The Labute approximate surface area is 72.3 Å². The predicted octanol–water partition coefficient (Wildman–Crippen LogP) is 0.775.